The summed E-state index contributed by atoms with van der Waals surface area (Å²) in [5, 5.41) is 11.5. The molecule has 0 fully saturated rings. The molecular weight excluding hydrogens is 226 g/mol. The van der Waals surface area contributed by atoms with Crippen molar-refractivity contribution in [2.24, 2.45) is 5.92 Å². The van der Waals surface area contributed by atoms with Crippen LogP contribution in [0.3, 0.4) is 0 Å². The van der Waals surface area contributed by atoms with Gasteiger partial charge in [-0.25, -0.2) is 4.79 Å². The second-order valence-corrected chi connectivity index (χ2v) is 5.25. The summed E-state index contributed by atoms with van der Waals surface area (Å²) in [6.45, 7) is 5.92. The highest BCUT2D eigenvalue weighted by atomic mass is 32.2. The minimum atomic E-state index is -0.956. The molecular formula is C11H21NO3S. The van der Waals surface area contributed by atoms with Crippen LogP contribution >= 0.6 is 11.8 Å². The number of rotatable bonds is 8. The molecule has 0 aliphatic rings. The van der Waals surface area contributed by atoms with E-state index in [-0.39, 0.29) is 11.8 Å². The van der Waals surface area contributed by atoms with E-state index in [1.54, 1.807) is 0 Å². The van der Waals surface area contributed by atoms with Gasteiger partial charge in [0.1, 0.15) is 6.04 Å². The molecule has 0 aromatic heterocycles. The first-order chi connectivity index (χ1) is 7.47. The zero-order valence-electron chi connectivity index (χ0n) is 10.2. The van der Waals surface area contributed by atoms with Crippen LogP contribution in [0.5, 0.6) is 0 Å². The predicted molar refractivity (Wildman–Crippen MR) is 66.6 cm³/mol. The maximum Gasteiger partial charge on any atom is 0.326 e. The van der Waals surface area contributed by atoms with Crippen LogP contribution in [-0.2, 0) is 9.59 Å². The summed E-state index contributed by atoms with van der Waals surface area (Å²) in [6.07, 6.45) is 1.49. The van der Waals surface area contributed by atoms with Gasteiger partial charge in [-0.15, -0.1) is 0 Å². The zero-order valence-corrected chi connectivity index (χ0v) is 11.0. The van der Waals surface area contributed by atoms with Crippen LogP contribution in [-0.4, -0.2) is 34.5 Å². The molecule has 0 aromatic rings. The van der Waals surface area contributed by atoms with Crippen molar-refractivity contribution in [2.45, 2.75) is 39.7 Å². The van der Waals surface area contributed by atoms with Gasteiger partial charge in [0.05, 0.1) is 5.75 Å². The Bertz CT molecular complexity index is 231. The molecule has 0 saturated heterocycles. The van der Waals surface area contributed by atoms with Crippen LogP contribution in [0.25, 0.3) is 0 Å². The zero-order chi connectivity index (χ0) is 12.6. The van der Waals surface area contributed by atoms with E-state index in [1.807, 2.05) is 20.8 Å². The molecule has 0 rings (SSSR count). The third-order valence-electron chi connectivity index (χ3n) is 1.92. The highest BCUT2D eigenvalue weighted by Gasteiger charge is 2.20. The largest absolute Gasteiger partial charge is 0.480 e. The molecule has 1 amide bonds. The summed E-state index contributed by atoms with van der Waals surface area (Å²) in [4.78, 5) is 22.3. The summed E-state index contributed by atoms with van der Waals surface area (Å²) in [5.41, 5.74) is 0. The number of aliphatic carboxylic acids is 1. The van der Waals surface area contributed by atoms with Crippen molar-refractivity contribution >= 4 is 23.6 Å². The molecule has 0 saturated carbocycles. The van der Waals surface area contributed by atoms with E-state index in [2.05, 4.69) is 5.32 Å². The lowest BCUT2D eigenvalue weighted by atomic mass is 10.0. The van der Waals surface area contributed by atoms with Gasteiger partial charge < -0.3 is 10.4 Å². The van der Waals surface area contributed by atoms with Crippen molar-refractivity contribution in [3.8, 4) is 0 Å². The maximum absolute atomic E-state index is 11.4. The first-order valence-corrected chi connectivity index (χ1v) is 6.72. The van der Waals surface area contributed by atoms with Crippen molar-refractivity contribution < 1.29 is 14.7 Å². The fraction of sp³-hybridized carbons (Fsp3) is 0.818. The topological polar surface area (TPSA) is 66.4 Å². The lowest BCUT2D eigenvalue weighted by molar-refractivity contribution is -0.141. The molecule has 5 heteroatoms. The smallest absolute Gasteiger partial charge is 0.326 e. The molecule has 0 aromatic carbocycles. The highest BCUT2D eigenvalue weighted by Crippen LogP contribution is 2.06. The Morgan fingerprint density at radius 2 is 2.00 bits per heavy atom. The number of hydrogen-bond acceptors (Lipinski definition) is 3. The Labute approximate surface area is 101 Å². The summed E-state index contributed by atoms with van der Waals surface area (Å²) in [6, 6.07) is -0.755. The highest BCUT2D eigenvalue weighted by molar-refractivity contribution is 7.99. The average molecular weight is 247 g/mol. The van der Waals surface area contributed by atoms with Crippen molar-refractivity contribution in [1.82, 2.24) is 5.32 Å². The van der Waals surface area contributed by atoms with E-state index in [4.69, 9.17) is 5.11 Å². The monoisotopic (exact) mass is 247 g/mol. The Hall–Kier alpha value is -0.710. The van der Waals surface area contributed by atoms with Crippen LogP contribution in [0.2, 0.25) is 0 Å². The summed E-state index contributed by atoms with van der Waals surface area (Å²) < 4.78 is 0. The fourth-order valence-electron chi connectivity index (χ4n) is 1.24. The Morgan fingerprint density at radius 1 is 1.38 bits per heavy atom. The molecule has 0 aliphatic heterocycles. The molecule has 2 N–H and O–H groups in total. The second-order valence-electron chi connectivity index (χ2n) is 4.14. The number of thioether (sulfide) groups is 1. The Morgan fingerprint density at radius 3 is 2.44 bits per heavy atom. The van der Waals surface area contributed by atoms with E-state index >= 15 is 0 Å². The molecule has 1 atom stereocenters. The van der Waals surface area contributed by atoms with Crippen molar-refractivity contribution in [3.05, 3.63) is 0 Å². The number of carbonyl (C=O) groups is 2. The Balaban J connectivity index is 3.98. The third-order valence-corrected chi connectivity index (χ3v) is 3.09. The predicted octanol–water partition coefficient (Wildman–Crippen LogP) is 1.75. The molecule has 0 radical (unpaired) electrons. The minimum Gasteiger partial charge on any atom is -0.480 e. The molecule has 0 heterocycles. The molecule has 0 bridgehead atoms. The summed E-state index contributed by atoms with van der Waals surface area (Å²) >= 11 is 1.53. The molecule has 4 nitrogen and oxygen atoms in total. The second kappa shape index (κ2) is 8.44. The molecule has 0 spiro atoms. The molecule has 94 valence electrons. The van der Waals surface area contributed by atoms with Gasteiger partial charge >= 0.3 is 5.97 Å². The maximum atomic E-state index is 11.4. The van der Waals surface area contributed by atoms with E-state index in [1.165, 1.54) is 11.8 Å². The van der Waals surface area contributed by atoms with Gasteiger partial charge in [0.25, 0.3) is 0 Å². The van der Waals surface area contributed by atoms with Crippen molar-refractivity contribution in [3.63, 3.8) is 0 Å². The third kappa shape index (κ3) is 7.56. The Kier molecular flexibility index (Phi) is 8.07. The van der Waals surface area contributed by atoms with Crippen LogP contribution in [0.4, 0.5) is 0 Å². The van der Waals surface area contributed by atoms with Crippen LogP contribution in [0, 0.1) is 5.92 Å². The van der Waals surface area contributed by atoms with Gasteiger partial charge in [-0.3, -0.25) is 4.79 Å². The summed E-state index contributed by atoms with van der Waals surface area (Å²) in [7, 11) is 0. The van der Waals surface area contributed by atoms with Gasteiger partial charge in [0.15, 0.2) is 0 Å². The van der Waals surface area contributed by atoms with Crippen LogP contribution in [0.1, 0.15) is 33.6 Å². The van der Waals surface area contributed by atoms with Crippen molar-refractivity contribution in [2.75, 3.05) is 11.5 Å². The number of amides is 1. The van der Waals surface area contributed by atoms with Gasteiger partial charge in [-0.1, -0.05) is 20.8 Å². The van der Waals surface area contributed by atoms with E-state index in [9.17, 15) is 9.59 Å². The number of nitrogens with one attached hydrogen (secondary N) is 1. The van der Waals surface area contributed by atoms with E-state index in [0.717, 1.165) is 12.2 Å². The first-order valence-electron chi connectivity index (χ1n) is 5.57. The number of carboxylic acid groups (broad SMARTS) is 1. The quantitative estimate of drug-likeness (QED) is 0.641. The fourth-order valence-corrected chi connectivity index (χ4v) is 1.94. The summed E-state index contributed by atoms with van der Waals surface area (Å²) in [5.74, 6) is 0.379. The number of hydrogen-bond donors (Lipinski definition) is 2. The number of carbonyl (C=O) groups excluding carboxylic acids is 1. The van der Waals surface area contributed by atoms with Gasteiger partial charge in [0.2, 0.25) is 5.91 Å². The average Bonchev–Trinajstić information content (AvgIpc) is 2.16. The lowest BCUT2D eigenvalue weighted by Crippen LogP contribution is -2.42. The molecule has 0 aliphatic carbocycles. The molecule has 0 unspecified atom stereocenters. The lowest BCUT2D eigenvalue weighted by Gasteiger charge is -2.16. The van der Waals surface area contributed by atoms with Crippen LogP contribution in [0.15, 0.2) is 0 Å². The first kappa shape index (κ1) is 15.3. The SMILES string of the molecule is CCCSCC(=O)N[C@H](CC(C)C)C(=O)O. The standard InChI is InChI=1S/C11H21NO3S/c1-4-5-16-7-10(13)12-9(11(14)15)6-8(2)3/h8-9H,4-7H2,1-3H3,(H,12,13)(H,14,15)/t9-/m1/s1. The minimum absolute atomic E-state index is 0.188. The van der Waals surface area contributed by atoms with Crippen LogP contribution < -0.4 is 5.32 Å². The van der Waals surface area contributed by atoms with Gasteiger partial charge in [-0.05, 0) is 24.5 Å². The van der Waals surface area contributed by atoms with E-state index in [0.29, 0.717) is 12.2 Å². The van der Waals surface area contributed by atoms with Crippen molar-refractivity contribution in [1.29, 1.82) is 0 Å². The van der Waals surface area contributed by atoms with Gasteiger partial charge in [-0.2, -0.15) is 11.8 Å². The number of carboxylic acids is 1. The van der Waals surface area contributed by atoms with E-state index < -0.39 is 12.0 Å². The molecule has 16 heavy (non-hydrogen) atoms. The normalized spacial score (nSPS) is 12.5. The van der Waals surface area contributed by atoms with Gasteiger partial charge in [0, 0.05) is 0 Å².